The molecule has 2 aliphatic rings. The van der Waals surface area contributed by atoms with E-state index in [4.69, 9.17) is 4.74 Å². The van der Waals surface area contributed by atoms with E-state index in [1.165, 1.54) is 22.7 Å². The van der Waals surface area contributed by atoms with Gasteiger partial charge in [-0.05, 0) is 42.0 Å². The van der Waals surface area contributed by atoms with E-state index in [-0.39, 0.29) is 12.1 Å². The molecule has 0 spiro atoms. The molecular formula is C17H22N4O2S. The molecule has 7 heteroatoms. The van der Waals surface area contributed by atoms with Crippen LogP contribution in [0.4, 0.5) is 11.1 Å². The number of ether oxygens (including phenoxy) is 1. The van der Waals surface area contributed by atoms with Crippen molar-refractivity contribution in [3.8, 4) is 5.75 Å². The van der Waals surface area contributed by atoms with E-state index >= 15 is 0 Å². The van der Waals surface area contributed by atoms with Crippen molar-refractivity contribution in [3.63, 3.8) is 0 Å². The summed E-state index contributed by atoms with van der Waals surface area (Å²) in [6.45, 7) is 0.765. The van der Waals surface area contributed by atoms with Crippen molar-refractivity contribution in [1.82, 2.24) is 9.36 Å². The van der Waals surface area contributed by atoms with Gasteiger partial charge in [-0.2, -0.15) is 9.36 Å². The van der Waals surface area contributed by atoms with Gasteiger partial charge in [-0.3, -0.25) is 0 Å². The number of benzene rings is 1. The predicted molar refractivity (Wildman–Crippen MR) is 95.0 cm³/mol. The molecule has 0 unspecified atom stereocenters. The number of hydrogen-bond donors (Lipinski definition) is 2. The molecule has 6 nitrogen and oxygen atoms in total. The Bertz CT molecular complexity index is 727. The fraction of sp³-hybridized carbons (Fsp3) is 0.529. The van der Waals surface area contributed by atoms with Gasteiger partial charge >= 0.3 is 0 Å². The quantitative estimate of drug-likeness (QED) is 0.867. The summed E-state index contributed by atoms with van der Waals surface area (Å²) < 4.78 is 9.98. The molecule has 1 aromatic heterocycles. The first-order chi connectivity index (χ1) is 11.6. The molecule has 24 heavy (non-hydrogen) atoms. The van der Waals surface area contributed by atoms with Crippen LogP contribution in [0.5, 0.6) is 5.75 Å². The summed E-state index contributed by atoms with van der Waals surface area (Å²) >= 11 is 1.38. The number of nitrogens with one attached hydrogen (secondary N) is 1. The van der Waals surface area contributed by atoms with Gasteiger partial charge in [0, 0.05) is 32.0 Å². The lowest BCUT2D eigenvalue weighted by molar-refractivity contribution is 0.0340. The minimum Gasteiger partial charge on any atom is -0.493 e. The van der Waals surface area contributed by atoms with Gasteiger partial charge in [-0.25, -0.2) is 0 Å². The maximum Gasteiger partial charge on any atom is 0.238 e. The largest absolute Gasteiger partial charge is 0.493 e. The number of aliphatic hydroxyl groups is 1. The highest BCUT2D eigenvalue weighted by molar-refractivity contribution is 7.09. The molecule has 0 radical (unpaired) electrons. The molecule has 1 aliphatic heterocycles. The summed E-state index contributed by atoms with van der Waals surface area (Å²) in [4.78, 5) is 6.44. The molecule has 2 heterocycles. The van der Waals surface area contributed by atoms with Crippen LogP contribution in [-0.4, -0.2) is 41.3 Å². The first-order valence-electron chi connectivity index (χ1n) is 8.31. The van der Waals surface area contributed by atoms with E-state index in [9.17, 15) is 5.11 Å². The Balaban J connectivity index is 1.59. The van der Waals surface area contributed by atoms with Crippen molar-refractivity contribution in [3.05, 3.63) is 29.3 Å². The molecule has 2 aromatic rings. The summed E-state index contributed by atoms with van der Waals surface area (Å²) in [7, 11) is 3.87. The van der Waals surface area contributed by atoms with Crippen LogP contribution in [0.15, 0.2) is 18.2 Å². The Kier molecular flexibility index (Phi) is 4.05. The first kappa shape index (κ1) is 15.7. The van der Waals surface area contributed by atoms with Crippen LogP contribution in [0.25, 0.3) is 0 Å². The van der Waals surface area contributed by atoms with Crippen LogP contribution in [0.1, 0.15) is 30.0 Å². The van der Waals surface area contributed by atoms with E-state index < -0.39 is 0 Å². The third-order valence-corrected chi connectivity index (χ3v) is 5.42. The number of aliphatic hydroxyl groups excluding tert-OH is 1. The summed E-state index contributed by atoms with van der Waals surface area (Å²) in [6.07, 6.45) is 2.44. The van der Waals surface area contributed by atoms with Crippen LogP contribution in [-0.2, 0) is 6.42 Å². The van der Waals surface area contributed by atoms with Crippen molar-refractivity contribution in [2.75, 3.05) is 30.9 Å². The molecule has 1 fully saturated rings. The summed E-state index contributed by atoms with van der Waals surface area (Å²) in [5.41, 5.74) is 2.50. The fourth-order valence-corrected chi connectivity index (χ4v) is 4.04. The van der Waals surface area contributed by atoms with Gasteiger partial charge in [-0.1, -0.05) is 6.07 Å². The van der Waals surface area contributed by atoms with Crippen molar-refractivity contribution >= 4 is 22.6 Å². The van der Waals surface area contributed by atoms with Crippen molar-refractivity contribution in [2.24, 2.45) is 5.92 Å². The van der Waals surface area contributed by atoms with Crippen LogP contribution in [0.2, 0.25) is 0 Å². The van der Waals surface area contributed by atoms with Gasteiger partial charge in [0.05, 0.1) is 18.8 Å². The maximum absolute atomic E-state index is 9.73. The molecule has 0 bridgehead atoms. The zero-order valence-electron chi connectivity index (χ0n) is 13.9. The van der Waals surface area contributed by atoms with E-state index in [1.807, 2.05) is 19.0 Å². The zero-order valence-corrected chi connectivity index (χ0v) is 14.7. The monoisotopic (exact) mass is 346 g/mol. The van der Waals surface area contributed by atoms with E-state index in [1.54, 1.807) is 0 Å². The van der Waals surface area contributed by atoms with Crippen LogP contribution >= 0.6 is 11.5 Å². The van der Waals surface area contributed by atoms with Gasteiger partial charge in [0.15, 0.2) is 0 Å². The van der Waals surface area contributed by atoms with Crippen molar-refractivity contribution in [2.45, 2.75) is 31.4 Å². The lowest BCUT2D eigenvalue weighted by Crippen LogP contribution is -2.36. The Morgan fingerprint density at radius 2 is 2.21 bits per heavy atom. The molecular weight excluding hydrogens is 324 g/mol. The highest BCUT2D eigenvalue weighted by atomic mass is 32.1. The van der Waals surface area contributed by atoms with E-state index in [0.717, 1.165) is 42.7 Å². The maximum atomic E-state index is 9.73. The van der Waals surface area contributed by atoms with E-state index in [2.05, 4.69) is 32.9 Å². The lowest BCUT2D eigenvalue weighted by Gasteiger charge is -2.38. The molecule has 4 rings (SSSR count). The number of anilines is 2. The molecule has 1 saturated carbocycles. The molecule has 1 atom stereocenters. The molecule has 1 aliphatic carbocycles. The van der Waals surface area contributed by atoms with Crippen LogP contribution in [0.3, 0.4) is 0 Å². The lowest BCUT2D eigenvalue weighted by atomic mass is 9.75. The molecule has 1 aromatic carbocycles. The second-order valence-electron chi connectivity index (χ2n) is 6.77. The van der Waals surface area contributed by atoms with Crippen LogP contribution < -0.4 is 15.0 Å². The van der Waals surface area contributed by atoms with E-state index in [0.29, 0.717) is 5.92 Å². The molecule has 128 valence electrons. The average Bonchev–Trinajstić information content (AvgIpc) is 3.18. The Labute approximate surface area is 145 Å². The van der Waals surface area contributed by atoms with Gasteiger partial charge in [0.1, 0.15) is 5.75 Å². The van der Waals surface area contributed by atoms with Gasteiger partial charge in [-0.15, -0.1) is 0 Å². The smallest absolute Gasteiger partial charge is 0.238 e. The number of rotatable bonds is 5. The second-order valence-corrected chi connectivity index (χ2v) is 7.52. The standard InChI is InChI=1S/C17H22N4O2S/c1-21(2)16-19-17(24-20-16)18-15(12-8-13(22)9-12)11-3-4-14-10(7-11)5-6-23-14/h3-4,7,12-13,15,22H,5-6,8-9H2,1-2H3,(H,18,19,20)/t12?,13?,15-/m0/s1. The normalized spacial score (nSPS) is 23.1. The number of aromatic nitrogens is 2. The minimum atomic E-state index is -0.177. The topological polar surface area (TPSA) is 70.5 Å². The van der Waals surface area contributed by atoms with Crippen molar-refractivity contribution in [1.29, 1.82) is 0 Å². The number of nitrogens with zero attached hydrogens (tertiary/aromatic N) is 3. The third-order valence-electron chi connectivity index (χ3n) is 4.79. The second kappa shape index (κ2) is 6.22. The number of hydrogen-bond acceptors (Lipinski definition) is 7. The van der Waals surface area contributed by atoms with Gasteiger partial charge in [0.25, 0.3) is 0 Å². The minimum absolute atomic E-state index is 0.141. The number of fused-ring (bicyclic) bond motifs is 1. The van der Waals surface area contributed by atoms with Gasteiger partial charge in [0.2, 0.25) is 11.1 Å². The van der Waals surface area contributed by atoms with Gasteiger partial charge < -0.3 is 20.1 Å². The average molecular weight is 346 g/mol. The molecule has 0 amide bonds. The molecule has 0 saturated heterocycles. The summed E-state index contributed by atoms with van der Waals surface area (Å²) in [5, 5.41) is 14.1. The third kappa shape index (κ3) is 2.93. The Morgan fingerprint density at radius 3 is 2.92 bits per heavy atom. The first-order valence-corrected chi connectivity index (χ1v) is 9.09. The molecule has 2 N–H and O–H groups in total. The Morgan fingerprint density at radius 1 is 1.38 bits per heavy atom. The highest BCUT2D eigenvalue weighted by Crippen LogP contribution is 2.41. The summed E-state index contributed by atoms with van der Waals surface area (Å²) in [6, 6.07) is 6.56. The SMILES string of the molecule is CN(C)c1nsc(N[C@@H](c2ccc3c(c2)CCO3)C2CC(O)C2)n1. The zero-order chi connectivity index (χ0) is 16.7. The predicted octanol–water partition coefficient (Wildman–Crippen LogP) is 2.46. The van der Waals surface area contributed by atoms with Crippen LogP contribution in [0, 0.1) is 5.92 Å². The fourth-order valence-electron chi connectivity index (χ4n) is 3.36. The van der Waals surface area contributed by atoms with Crippen molar-refractivity contribution < 1.29 is 9.84 Å². The summed E-state index contributed by atoms with van der Waals surface area (Å²) in [5.74, 6) is 2.13. The Hall–Kier alpha value is -1.86. The highest BCUT2D eigenvalue weighted by Gasteiger charge is 2.35.